The van der Waals surface area contributed by atoms with Gasteiger partial charge in [0.25, 0.3) is 0 Å². The summed E-state index contributed by atoms with van der Waals surface area (Å²) in [7, 11) is 0. The Bertz CT molecular complexity index is 320. The van der Waals surface area contributed by atoms with E-state index in [1.807, 2.05) is 6.20 Å². The summed E-state index contributed by atoms with van der Waals surface area (Å²) in [6.07, 6.45) is 3.00. The van der Waals surface area contributed by atoms with Gasteiger partial charge in [0.05, 0.1) is 11.7 Å². The van der Waals surface area contributed by atoms with E-state index in [-0.39, 0.29) is 6.04 Å². The highest BCUT2D eigenvalue weighted by molar-refractivity contribution is 5.18. The van der Waals surface area contributed by atoms with Gasteiger partial charge in [-0.3, -0.25) is 9.88 Å². The SMILES string of the molecule is CCN1CCC(N)C1c1ccc(C)cn1. The monoisotopic (exact) mass is 205 g/mol. The van der Waals surface area contributed by atoms with Gasteiger partial charge in [-0.05, 0) is 31.5 Å². The van der Waals surface area contributed by atoms with Crippen LogP contribution in [0.3, 0.4) is 0 Å². The lowest BCUT2D eigenvalue weighted by molar-refractivity contribution is 0.256. The molecule has 0 amide bonds. The molecule has 1 fully saturated rings. The van der Waals surface area contributed by atoms with Crippen LogP contribution in [0.1, 0.15) is 30.6 Å². The largest absolute Gasteiger partial charge is 0.326 e. The Hall–Kier alpha value is -0.930. The lowest BCUT2D eigenvalue weighted by atomic mass is 10.1. The third-order valence-electron chi connectivity index (χ3n) is 3.19. The minimum absolute atomic E-state index is 0.236. The van der Waals surface area contributed by atoms with Crippen molar-refractivity contribution >= 4 is 0 Å². The molecule has 0 bridgehead atoms. The molecular weight excluding hydrogens is 186 g/mol. The Kier molecular flexibility index (Phi) is 3.03. The molecule has 3 heteroatoms. The van der Waals surface area contributed by atoms with Crippen LogP contribution in [-0.4, -0.2) is 29.0 Å². The lowest BCUT2D eigenvalue weighted by Crippen LogP contribution is -2.32. The standard InChI is InChI=1S/C12H19N3/c1-3-15-7-6-10(13)12(15)11-5-4-9(2)8-14-11/h4-5,8,10,12H,3,6-7,13H2,1-2H3. The Morgan fingerprint density at radius 3 is 2.93 bits per heavy atom. The van der Waals surface area contributed by atoms with E-state index in [1.54, 1.807) is 0 Å². The minimum Gasteiger partial charge on any atom is -0.326 e. The highest BCUT2D eigenvalue weighted by Gasteiger charge is 2.32. The first-order valence-electron chi connectivity index (χ1n) is 5.64. The van der Waals surface area contributed by atoms with Crippen LogP contribution in [0.2, 0.25) is 0 Å². The van der Waals surface area contributed by atoms with Crippen LogP contribution in [0.25, 0.3) is 0 Å². The maximum absolute atomic E-state index is 6.13. The zero-order valence-corrected chi connectivity index (χ0v) is 9.48. The molecule has 82 valence electrons. The Morgan fingerprint density at radius 1 is 1.53 bits per heavy atom. The molecule has 0 spiro atoms. The summed E-state index contributed by atoms with van der Waals surface area (Å²) in [6.45, 7) is 6.38. The maximum Gasteiger partial charge on any atom is 0.0674 e. The molecule has 1 aliphatic rings. The van der Waals surface area contributed by atoms with E-state index in [4.69, 9.17) is 5.73 Å². The van der Waals surface area contributed by atoms with Gasteiger partial charge in [-0.2, -0.15) is 0 Å². The molecule has 0 aromatic carbocycles. The van der Waals surface area contributed by atoms with Crippen LogP contribution in [0, 0.1) is 6.92 Å². The van der Waals surface area contributed by atoms with E-state index in [2.05, 4.69) is 35.9 Å². The van der Waals surface area contributed by atoms with Gasteiger partial charge in [-0.15, -0.1) is 0 Å². The predicted octanol–water partition coefficient (Wildman–Crippen LogP) is 1.48. The van der Waals surface area contributed by atoms with E-state index in [0.717, 1.165) is 25.2 Å². The van der Waals surface area contributed by atoms with Gasteiger partial charge in [0.2, 0.25) is 0 Å². The van der Waals surface area contributed by atoms with Crippen LogP contribution >= 0.6 is 0 Å². The first-order valence-corrected chi connectivity index (χ1v) is 5.64. The van der Waals surface area contributed by atoms with Crippen molar-refractivity contribution in [2.45, 2.75) is 32.4 Å². The molecule has 1 aromatic rings. The molecule has 3 nitrogen and oxygen atoms in total. The van der Waals surface area contributed by atoms with E-state index >= 15 is 0 Å². The summed E-state index contributed by atoms with van der Waals surface area (Å²) in [4.78, 5) is 6.89. The van der Waals surface area contributed by atoms with Gasteiger partial charge in [-0.25, -0.2) is 0 Å². The highest BCUT2D eigenvalue weighted by Crippen LogP contribution is 2.29. The molecular formula is C12H19N3. The maximum atomic E-state index is 6.13. The van der Waals surface area contributed by atoms with Gasteiger partial charge >= 0.3 is 0 Å². The molecule has 2 rings (SSSR count). The third-order valence-corrected chi connectivity index (χ3v) is 3.19. The van der Waals surface area contributed by atoms with Crippen molar-refractivity contribution in [1.29, 1.82) is 0 Å². The Morgan fingerprint density at radius 2 is 2.33 bits per heavy atom. The average molecular weight is 205 g/mol. The summed E-state index contributed by atoms with van der Waals surface area (Å²) in [5.74, 6) is 0. The predicted molar refractivity (Wildman–Crippen MR) is 61.6 cm³/mol. The van der Waals surface area contributed by atoms with Gasteiger partial charge in [-0.1, -0.05) is 13.0 Å². The molecule has 1 aromatic heterocycles. The Labute approximate surface area is 91.3 Å². The zero-order valence-electron chi connectivity index (χ0n) is 9.48. The number of aryl methyl sites for hydroxylation is 1. The molecule has 2 N–H and O–H groups in total. The number of likely N-dealkylation sites (tertiary alicyclic amines) is 1. The number of nitrogens with zero attached hydrogens (tertiary/aromatic N) is 2. The second-order valence-corrected chi connectivity index (χ2v) is 4.29. The van der Waals surface area contributed by atoms with Crippen LogP contribution in [0.4, 0.5) is 0 Å². The van der Waals surface area contributed by atoms with E-state index < -0.39 is 0 Å². The van der Waals surface area contributed by atoms with E-state index in [9.17, 15) is 0 Å². The normalized spacial score (nSPS) is 27.1. The van der Waals surface area contributed by atoms with Gasteiger partial charge in [0.1, 0.15) is 0 Å². The van der Waals surface area contributed by atoms with Crippen molar-refractivity contribution in [3.63, 3.8) is 0 Å². The van der Waals surface area contributed by atoms with Gasteiger partial charge in [0, 0.05) is 18.8 Å². The molecule has 15 heavy (non-hydrogen) atoms. The molecule has 2 unspecified atom stereocenters. The van der Waals surface area contributed by atoms with Crippen molar-refractivity contribution in [2.75, 3.05) is 13.1 Å². The van der Waals surface area contributed by atoms with Crippen LogP contribution < -0.4 is 5.73 Å². The lowest BCUT2D eigenvalue weighted by Gasteiger charge is -2.24. The minimum atomic E-state index is 0.236. The van der Waals surface area contributed by atoms with Crippen LogP contribution in [-0.2, 0) is 0 Å². The molecule has 0 radical (unpaired) electrons. The van der Waals surface area contributed by atoms with Crippen molar-refractivity contribution in [3.05, 3.63) is 29.6 Å². The number of rotatable bonds is 2. The summed E-state index contributed by atoms with van der Waals surface area (Å²) in [6, 6.07) is 4.77. The van der Waals surface area contributed by atoms with Crippen LogP contribution in [0.15, 0.2) is 18.3 Å². The summed E-state index contributed by atoms with van der Waals surface area (Å²) in [5.41, 5.74) is 8.45. The zero-order chi connectivity index (χ0) is 10.8. The fraction of sp³-hybridized carbons (Fsp3) is 0.583. The number of aromatic nitrogens is 1. The number of hydrogen-bond donors (Lipinski definition) is 1. The number of nitrogens with two attached hydrogens (primary N) is 1. The second kappa shape index (κ2) is 4.29. The number of likely N-dealkylation sites (N-methyl/N-ethyl adjacent to an activating group) is 1. The molecule has 1 saturated heterocycles. The van der Waals surface area contributed by atoms with Crippen molar-refractivity contribution in [3.8, 4) is 0 Å². The summed E-state index contributed by atoms with van der Waals surface area (Å²) < 4.78 is 0. The number of hydrogen-bond acceptors (Lipinski definition) is 3. The van der Waals surface area contributed by atoms with E-state index in [1.165, 1.54) is 5.56 Å². The van der Waals surface area contributed by atoms with Crippen molar-refractivity contribution in [2.24, 2.45) is 5.73 Å². The highest BCUT2D eigenvalue weighted by atomic mass is 15.2. The first kappa shape index (κ1) is 10.6. The van der Waals surface area contributed by atoms with Crippen molar-refractivity contribution in [1.82, 2.24) is 9.88 Å². The molecule has 0 aliphatic carbocycles. The smallest absolute Gasteiger partial charge is 0.0674 e. The quantitative estimate of drug-likeness (QED) is 0.795. The fourth-order valence-corrected chi connectivity index (χ4v) is 2.30. The molecule has 1 aliphatic heterocycles. The second-order valence-electron chi connectivity index (χ2n) is 4.29. The van der Waals surface area contributed by atoms with Gasteiger partial charge in [0.15, 0.2) is 0 Å². The van der Waals surface area contributed by atoms with E-state index in [0.29, 0.717) is 6.04 Å². The Balaban J connectivity index is 2.24. The molecule has 2 atom stereocenters. The molecule has 2 heterocycles. The summed E-state index contributed by atoms with van der Waals surface area (Å²) in [5, 5.41) is 0. The summed E-state index contributed by atoms with van der Waals surface area (Å²) >= 11 is 0. The van der Waals surface area contributed by atoms with Gasteiger partial charge < -0.3 is 5.73 Å². The third kappa shape index (κ3) is 2.03. The van der Waals surface area contributed by atoms with Crippen molar-refractivity contribution < 1.29 is 0 Å². The molecule has 0 saturated carbocycles. The average Bonchev–Trinajstić information content (AvgIpc) is 2.61. The first-order chi connectivity index (χ1) is 7.22. The topological polar surface area (TPSA) is 42.1 Å². The van der Waals surface area contributed by atoms with Crippen LogP contribution in [0.5, 0.6) is 0 Å². The fourth-order valence-electron chi connectivity index (χ4n) is 2.30. The number of pyridine rings is 1.